The van der Waals surface area contributed by atoms with Gasteiger partial charge in [-0.25, -0.2) is 0 Å². The maximum Gasteiger partial charge on any atom is 0.0509 e. The molecule has 16 heavy (non-hydrogen) atoms. The first kappa shape index (κ1) is 11.8. The van der Waals surface area contributed by atoms with Crippen LogP contribution in [0.4, 0.5) is 5.69 Å². The molecule has 1 atom stereocenters. The number of fused-ring (bicyclic) bond motifs is 1. The summed E-state index contributed by atoms with van der Waals surface area (Å²) in [6.07, 6.45) is 0. The van der Waals surface area contributed by atoms with Gasteiger partial charge in [0.25, 0.3) is 0 Å². The lowest BCUT2D eigenvalue weighted by Gasteiger charge is -2.43. The molecule has 1 aromatic rings. The van der Waals surface area contributed by atoms with Crippen LogP contribution in [-0.2, 0) is 0 Å². The first-order chi connectivity index (χ1) is 7.61. The van der Waals surface area contributed by atoms with Crippen molar-refractivity contribution in [2.24, 2.45) is 5.92 Å². The Bertz CT molecular complexity index is 360. The maximum absolute atomic E-state index is 2.59. The number of rotatable bonds is 2. The Morgan fingerprint density at radius 1 is 1.19 bits per heavy atom. The van der Waals surface area contributed by atoms with Crippen LogP contribution in [-0.4, -0.2) is 17.8 Å². The fraction of sp³-hybridized carbons (Fsp3) is 0.571. The van der Waals surface area contributed by atoms with Gasteiger partial charge < -0.3 is 4.90 Å². The first-order valence-electron chi connectivity index (χ1n) is 6.11. The van der Waals surface area contributed by atoms with E-state index >= 15 is 0 Å². The molecule has 1 aliphatic heterocycles. The normalized spacial score (nSPS) is 20.4. The second kappa shape index (κ2) is 4.70. The van der Waals surface area contributed by atoms with Crippen LogP contribution >= 0.6 is 11.8 Å². The number of thioether (sulfide) groups is 1. The molecule has 0 fully saturated rings. The van der Waals surface area contributed by atoms with Crippen LogP contribution in [0.1, 0.15) is 27.7 Å². The minimum Gasteiger partial charge on any atom is -0.364 e. The highest BCUT2D eigenvalue weighted by Gasteiger charge is 2.30. The summed E-state index contributed by atoms with van der Waals surface area (Å²) in [5, 5.41) is 0. The standard InChI is InChI=1S/C14H21NS/c1-10(2)13-9-16-14-8-6-5-7-12(14)15(13)11(3)4/h5-8,10-11,13H,9H2,1-4H3. The van der Waals surface area contributed by atoms with Crippen molar-refractivity contribution >= 4 is 17.4 Å². The minimum atomic E-state index is 0.578. The molecule has 1 nitrogen and oxygen atoms in total. The highest BCUT2D eigenvalue weighted by molar-refractivity contribution is 7.99. The zero-order valence-electron chi connectivity index (χ0n) is 10.6. The molecule has 0 saturated carbocycles. The molecule has 0 amide bonds. The van der Waals surface area contributed by atoms with Gasteiger partial charge in [0, 0.05) is 22.7 Å². The highest BCUT2D eigenvalue weighted by atomic mass is 32.2. The summed E-state index contributed by atoms with van der Waals surface area (Å²) < 4.78 is 0. The maximum atomic E-state index is 2.59. The third-order valence-corrected chi connectivity index (χ3v) is 4.40. The van der Waals surface area contributed by atoms with Gasteiger partial charge in [0.05, 0.1) is 5.69 Å². The van der Waals surface area contributed by atoms with Gasteiger partial charge in [0.1, 0.15) is 0 Å². The Morgan fingerprint density at radius 3 is 2.50 bits per heavy atom. The number of hydrogen-bond donors (Lipinski definition) is 0. The summed E-state index contributed by atoms with van der Waals surface area (Å²) in [6, 6.07) is 10.0. The van der Waals surface area contributed by atoms with Crippen LogP contribution in [0.3, 0.4) is 0 Å². The van der Waals surface area contributed by atoms with Crippen LogP contribution in [0, 0.1) is 5.92 Å². The molecule has 0 radical (unpaired) electrons. The largest absolute Gasteiger partial charge is 0.364 e. The van der Waals surface area contributed by atoms with Crippen LogP contribution in [0.2, 0.25) is 0 Å². The number of hydrogen-bond acceptors (Lipinski definition) is 2. The molecule has 1 aromatic carbocycles. The van der Waals surface area contributed by atoms with Gasteiger partial charge in [-0.3, -0.25) is 0 Å². The zero-order valence-corrected chi connectivity index (χ0v) is 11.4. The van der Waals surface area contributed by atoms with E-state index in [1.54, 1.807) is 0 Å². The minimum absolute atomic E-state index is 0.578. The van der Waals surface area contributed by atoms with E-state index in [0.29, 0.717) is 18.0 Å². The van der Waals surface area contributed by atoms with Gasteiger partial charge in [-0.1, -0.05) is 26.0 Å². The summed E-state index contributed by atoms with van der Waals surface area (Å²) in [7, 11) is 0. The molecule has 2 rings (SSSR count). The van der Waals surface area contributed by atoms with Crippen molar-refractivity contribution in [2.45, 2.75) is 44.7 Å². The SMILES string of the molecule is CC(C)C1CSc2ccccc2N1C(C)C. The van der Waals surface area contributed by atoms with Gasteiger partial charge in [-0.05, 0) is 31.9 Å². The van der Waals surface area contributed by atoms with E-state index in [1.807, 2.05) is 11.8 Å². The monoisotopic (exact) mass is 235 g/mol. The van der Waals surface area contributed by atoms with Gasteiger partial charge in [-0.2, -0.15) is 0 Å². The highest BCUT2D eigenvalue weighted by Crippen LogP contribution is 2.40. The lowest BCUT2D eigenvalue weighted by molar-refractivity contribution is 0.457. The Morgan fingerprint density at radius 2 is 1.88 bits per heavy atom. The van der Waals surface area contributed by atoms with Crippen LogP contribution in [0.5, 0.6) is 0 Å². The van der Waals surface area contributed by atoms with E-state index in [0.717, 1.165) is 0 Å². The fourth-order valence-electron chi connectivity index (χ4n) is 2.40. The van der Waals surface area contributed by atoms with E-state index in [4.69, 9.17) is 0 Å². The van der Waals surface area contributed by atoms with Crippen LogP contribution in [0.25, 0.3) is 0 Å². The molecule has 0 aliphatic carbocycles. The summed E-state index contributed by atoms with van der Waals surface area (Å²) in [5.74, 6) is 1.93. The van der Waals surface area contributed by atoms with Crippen molar-refractivity contribution in [2.75, 3.05) is 10.7 Å². The van der Waals surface area contributed by atoms with E-state index in [2.05, 4.69) is 56.9 Å². The molecular formula is C14H21NS. The Labute approximate surface area is 103 Å². The average Bonchev–Trinajstić information content (AvgIpc) is 2.27. The zero-order chi connectivity index (χ0) is 11.7. The van der Waals surface area contributed by atoms with Gasteiger partial charge in [-0.15, -0.1) is 11.8 Å². The van der Waals surface area contributed by atoms with E-state index in [1.165, 1.54) is 16.3 Å². The van der Waals surface area contributed by atoms with E-state index in [-0.39, 0.29) is 0 Å². The topological polar surface area (TPSA) is 3.24 Å². The third kappa shape index (κ3) is 2.08. The Balaban J connectivity index is 2.39. The fourth-order valence-corrected chi connectivity index (χ4v) is 3.79. The first-order valence-corrected chi connectivity index (χ1v) is 7.10. The van der Waals surface area contributed by atoms with Crippen molar-refractivity contribution in [1.29, 1.82) is 0 Å². The van der Waals surface area contributed by atoms with Crippen LogP contribution in [0.15, 0.2) is 29.2 Å². The lowest BCUT2D eigenvalue weighted by atomic mass is 10.0. The predicted molar refractivity (Wildman–Crippen MR) is 73.4 cm³/mol. The third-order valence-electron chi connectivity index (χ3n) is 3.24. The van der Waals surface area contributed by atoms with Gasteiger partial charge in [0.2, 0.25) is 0 Å². The quantitative estimate of drug-likeness (QED) is 0.761. The van der Waals surface area contributed by atoms with Crippen molar-refractivity contribution in [3.63, 3.8) is 0 Å². The second-order valence-corrected chi connectivity index (χ2v) is 6.15. The summed E-state index contributed by atoms with van der Waals surface area (Å²) in [4.78, 5) is 4.03. The number of anilines is 1. The summed E-state index contributed by atoms with van der Waals surface area (Å²) in [6.45, 7) is 9.24. The number of nitrogens with zero attached hydrogens (tertiary/aromatic N) is 1. The molecule has 1 unspecified atom stereocenters. The average molecular weight is 235 g/mol. The van der Waals surface area contributed by atoms with E-state index < -0.39 is 0 Å². The number of para-hydroxylation sites is 1. The lowest BCUT2D eigenvalue weighted by Crippen LogP contribution is -2.47. The molecule has 0 aromatic heterocycles. The molecule has 1 heterocycles. The summed E-state index contributed by atoms with van der Waals surface area (Å²) >= 11 is 2.00. The molecule has 0 saturated heterocycles. The molecular weight excluding hydrogens is 214 g/mol. The predicted octanol–water partition coefficient (Wildman–Crippen LogP) is 4.03. The molecule has 0 N–H and O–H groups in total. The Hall–Kier alpha value is -0.630. The van der Waals surface area contributed by atoms with Crippen LogP contribution < -0.4 is 4.90 Å². The molecule has 0 bridgehead atoms. The second-order valence-electron chi connectivity index (χ2n) is 5.09. The molecule has 88 valence electrons. The summed E-state index contributed by atoms with van der Waals surface area (Å²) in [5.41, 5.74) is 1.42. The van der Waals surface area contributed by atoms with E-state index in [9.17, 15) is 0 Å². The van der Waals surface area contributed by atoms with Gasteiger partial charge >= 0.3 is 0 Å². The number of benzene rings is 1. The smallest absolute Gasteiger partial charge is 0.0509 e. The molecule has 1 aliphatic rings. The Kier molecular flexibility index (Phi) is 3.48. The molecule has 0 spiro atoms. The van der Waals surface area contributed by atoms with Crippen molar-refractivity contribution in [1.82, 2.24) is 0 Å². The van der Waals surface area contributed by atoms with Crippen molar-refractivity contribution in [3.05, 3.63) is 24.3 Å². The van der Waals surface area contributed by atoms with Crippen molar-refractivity contribution in [3.8, 4) is 0 Å². The van der Waals surface area contributed by atoms with Gasteiger partial charge in [0.15, 0.2) is 0 Å². The van der Waals surface area contributed by atoms with Crippen molar-refractivity contribution < 1.29 is 0 Å². The molecule has 2 heteroatoms.